The van der Waals surface area contributed by atoms with Gasteiger partial charge in [0.2, 0.25) is 0 Å². The summed E-state index contributed by atoms with van der Waals surface area (Å²) in [5.41, 5.74) is 6.83. The molecule has 0 amide bonds. The molecule has 0 fully saturated rings. The number of hydrogen-bond acceptors (Lipinski definition) is 6. The third-order valence-electron chi connectivity index (χ3n) is 2.18. The van der Waals surface area contributed by atoms with Gasteiger partial charge in [-0.1, -0.05) is 11.3 Å². The van der Waals surface area contributed by atoms with Crippen LogP contribution < -0.4 is 5.73 Å². The summed E-state index contributed by atoms with van der Waals surface area (Å²) in [5.74, 6) is -0.396. The smallest absolute Gasteiger partial charge is 0.338 e. The third kappa shape index (κ3) is 2.72. The summed E-state index contributed by atoms with van der Waals surface area (Å²) in [6.45, 7) is 0.232. The van der Waals surface area contributed by atoms with Gasteiger partial charge in [-0.3, -0.25) is 0 Å². The molecule has 0 radical (unpaired) electrons. The van der Waals surface area contributed by atoms with Crippen molar-refractivity contribution >= 4 is 32.7 Å². The number of aromatic nitrogens is 1. The quantitative estimate of drug-likeness (QED) is 0.635. The van der Waals surface area contributed by atoms with E-state index in [2.05, 4.69) is 4.98 Å². The molecule has 0 spiro atoms. The minimum absolute atomic E-state index is 0.0116. The first-order valence-electron chi connectivity index (χ1n) is 5.15. The lowest BCUT2D eigenvalue weighted by Crippen LogP contribution is -2.07. The molecule has 0 saturated heterocycles. The zero-order valence-electron chi connectivity index (χ0n) is 9.05. The highest BCUT2D eigenvalue weighted by atomic mass is 32.1. The number of anilines is 1. The summed E-state index contributed by atoms with van der Waals surface area (Å²) < 4.78 is 5.84. The number of carbonyl (C=O) groups is 1. The van der Waals surface area contributed by atoms with Gasteiger partial charge in [-0.15, -0.1) is 0 Å². The van der Waals surface area contributed by atoms with Gasteiger partial charge < -0.3 is 15.6 Å². The maximum Gasteiger partial charge on any atom is 0.338 e. The second kappa shape index (κ2) is 5.11. The van der Waals surface area contributed by atoms with Crippen LogP contribution in [0.15, 0.2) is 18.2 Å². The van der Waals surface area contributed by atoms with Crippen molar-refractivity contribution in [1.29, 1.82) is 0 Å². The van der Waals surface area contributed by atoms with Crippen molar-refractivity contribution in [2.24, 2.45) is 0 Å². The maximum atomic E-state index is 11.6. The van der Waals surface area contributed by atoms with Gasteiger partial charge in [0.15, 0.2) is 5.13 Å². The molecule has 5 nitrogen and oxygen atoms in total. The Balaban J connectivity index is 2.15. The zero-order valence-corrected chi connectivity index (χ0v) is 9.87. The number of nitrogens with zero attached hydrogens (tertiary/aromatic N) is 1. The third-order valence-corrected chi connectivity index (χ3v) is 3.02. The number of esters is 1. The van der Waals surface area contributed by atoms with Crippen molar-refractivity contribution in [3.63, 3.8) is 0 Å². The Kier molecular flexibility index (Phi) is 3.55. The van der Waals surface area contributed by atoms with E-state index in [4.69, 9.17) is 15.6 Å². The molecule has 2 rings (SSSR count). The van der Waals surface area contributed by atoms with E-state index in [1.807, 2.05) is 0 Å². The van der Waals surface area contributed by atoms with Gasteiger partial charge in [0.05, 0.1) is 22.4 Å². The topological polar surface area (TPSA) is 85.4 Å². The van der Waals surface area contributed by atoms with Crippen molar-refractivity contribution < 1.29 is 14.6 Å². The molecule has 0 saturated carbocycles. The largest absolute Gasteiger partial charge is 0.462 e. The van der Waals surface area contributed by atoms with Crippen LogP contribution in [0.2, 0.25) is 0 Å². The van der Waals surface area contributed by atoms with Gasteiger partial charge in [-0.2, -0.15) is 0 Å². The van der Waals surface area contributed by atoms with Gasteiger partial charge in [0.1, 0.15) is 0 Å². The van der Waals surface area contributed by atoms with E-state index in [1.165, 1.54) is 11.3 Å². The normalized spacial score (nSPS) is 10.6. The van der Waals surface area contributed by atoms with Gasteiger partial charge in [0.25, 0.3) is 0 Å². The molecular weight excluding hydrogens is 240 g/mol. The first-order valence-corrected chi connectivity index (χ1v) is 5.96. The van der Waals surface area contributed by atoms with E-state index in [0.717, 1.165) is 10.2 Å². The van der Waals surface area contributed by atoms with Crippen molar-refractivity contribution in [3.8, 4) is 0 Å². The molecule has 0 aliphatic rings. The number of fused-ring (bicyclic) bond motifs is 1. The lowest BCUT2D eigenvalue weighted by molar-refractivity contribution is 0.0482. The number of nitrogen functional groups attached to an aromatic ring is 1. The van der Waals surface area contributed by atoms with E-state index >= 15 is 0 Å². The molecule has 0 bridgehead atoms. The molecule has 6 heteroatoms. The van der Waals surface area contributed by atoms with Crippen molar-refractivity contribution in [1.82, 2.24) is 4.98 Å². The Hall–Kier alpha value is -1.66. The van der Waals surface area contributed by atoms with Crippen LogP contribution in [0.3, 0.4) is 0 Å². The van der Waals surface area contributed by atoms with Crippen LogP contribution in [-0.4, -0.2) is 29.3 Å². The molecular formula is C11H12N2O3S. The number of aliphatic hydroxyl groups excluding tert-OH is 1. The number of ether oxygens (including phenoxy) is 1. The molecule has 3 N–H and O–H groups in total. The molecule has 1 aromatic heterocycles. The second-order valence-electron chi connectivity index (χ2n) is 3.45. The SMILES string of the molecule is Nc1nc2ccc(C(=O)OCCCO)cc2s1. The molecule has 2 aromatic rings. The van der Waals surface area contributed by atoms with Crippen molar-refractivity contribution in [3.05, 3.63) is 23.8 Å². The van der Waals surface area contributed by atoms with Gasteiger partial charge in [-0.05, 0) is 18.2 Å². The van der Waals surface area contributed by atoms with Crippen LogP contribution in [0.25, 0.3) is 10.2 Å². The molecule has 1 heterocycles. The molecule has 0 aliphatic heterocycles. The number of benzene rings is 1. The predicted octanol–water partition coefficient (Wildman–Crippen LogP) is 1.42. The fourth-order valence-corrected chi connectivity index (χ4v) is 2.16. The number of thiazole rings is 1. The molecule has 90 valence electrons. The Morgan fingerprint density at radius 2 is 2.35 bits per heavy atom. The minimum Gasteiger partial charge on any atom is -0.462 e. The van der Waals surface area contributed by atoms with E-state index in [0.29, 0.717) is 17.1 Å². The highest BCUT2D eigenvalue weighted by Crippen LogP contribution is 2.24. The first-order chi connectivity index (χ1) is 8.20. The van der Waals surface area contributed by atoms with Crippen molar-refractivity contribution in [2.75, 3.05) is 18.9 Å². The Labute approximate surface area is 102 Å². The van der Waals surface area contributed by atoms with E-state index in [-0.39, 0.29) is 13.2 Å². The van der Waals surface area contributed by atoms with E-state index in [1.54, 1.807) is 18.2 Å². The summed E-state index contributed by atoms with van der Waals surface area (Å²) in [6.07, 6.45) is 0.446. The monoisotopic (exact) mass is 252 g/mol. The van der Waals surface area contributed by atoms with Gasteiger partial charge >= 0.3 is 5.97 Å². The highest BCUT2D eigenvalue weighted by molar-refractivity contribution is 7.22. The molecule has 0 aliphatic carbocycles. The lowest BCUT2D eigenvalue weighted by Gasteiger charge is -2.03. The van der Waals surface area contributed by atoms with Crippen LogP contribution >= 0.6 is 11.3 Å². The number of aliphatic hydroxyl groups is 1. The van der Waals surface area contributed by atoms with Crippen molar-refractivity contribution in [2.45, 2.75) is 6.42 Å². The van der Waals surface area contributed by atoms with Gasteiger partial charge in [0, 0.05) is 13.0 Å². The maximum absolute atomic E-state index is 11.6. The minimum atomic E-state index is -0.396. The van der Waals surface area contributed by atoms with Crippen LogP contribution in [0.4, 0.5) is 5.13 Å². The average Bonchev–Trinajstić information content (AvgIpc) is 2.68. The van der Waals surface area contributed by atoms with Crippen LogP contribution in [0.5, 0.6) is 0 Å². The number of nitrogens with two attached hydrogens (primary N) is 1. The summed E-state index contributed by atoms with van der Waals surface area (Å²) in [4.78, 5) is 15.7. The van der Waals surface area contributed by atoms with Gasteiger partial charge in [-0.25, -0.2) is 9.78 Å². The molecule has 1 aromatic carbocycles. The summed E-state index contributed by atoms with van der Waals surface area (Å²) in [7, 11) is 0. The number of carbonyl (C=O) groups excluding carboxylic acids is 1. The molecule has 0 unspecified atom stereocenters. The van der Waals surface area contributed by atoms with Crippen LogP contribution in [0, 0.1) is 0 Å². The highest BCUT2D eigenvalue weighted by Gasteiger charge is 2.09. The predicted molar refractivity (Wildman–Crippen MR) is 66.0 cm³/mol. The average molecular weight is 252 g/mol. The number of rotatable bonds is 4. The summed E-state index contributed by atoms with van der Waals surface area (Å²) in [5, 5.41) is 9.06. The molecule has 17 heavy (non-hydrogen) atoms. The second-order valence-corrected chi connectivity index (χ2v) is 4.51. The first kappa shape index (κ1) is 11.8. The Morgan fingerprint density at radius 3 is 3.12 bits per heavy atom. The van der Waals surface area contributed by atoms with Crippen LogP contribution in [-0.2, 0) is 4.74 Å². The molecule has 0 atom stereocenters. The van der Waals surface area contributed by atoms with E-state index in [9.17, 15) is 4.79 Å². The van der Waals surface area contributed by atoms with Crippen LogP contribution in [0.1, 0.15) is 16.8 Å². The zero-order chi connectivity index (χ0) is 12.3. The lowest BCUT2D eigenvalue weighted by atomic mass is 10.2. The summed E-state index contributed by atoms with van der Waals surface area (Å²) >= 11 is 1.33. The summed E-state index contributed by atoms with van der Waals surface area (Å²) in [6, 6.07) is 5.11. The fourth-order valence-electron chi connectivity index (χ4n) is 1.38. The fraction of sp³-hybridized carbons (Fsp3) is 0.273. The standard InChI is InChI=1S/C11H12N2O3S/c12-11-13-8-3-2-7(6-9(8)17-11)10(15)16-5-1-4-14/h2-3,6,14H,1,4-5H2,(H2,12,13). The Bertz CT molecular complexity index is 538. The number of hydrogen-bond donors (Lipinski definition) is 2. The van der Waals surface area contributed by atoms with E-state index < -0.39 is 5.97 Å². The Morgan fingerprint density at radius 1 is 1.53 bits per heavy atom.